The molecule has 1 amide bonds. The van der Waals surface area contributed by atoms with E-state index < -0.39 is 17.0 Å². The average molecular weight is 545 g/mol. The number of pyridine rings is 1. The third-order valence-electron chi connectivity index (χ3n) is 7.06. The van der Waals surface area contributed by atoms with Crippen LogP contribution in [0.2, 0.25) is 5.15 Å². The predicted octanol–water partition coefficient (Wildman–Crippen LogP) is 7.21. The molecule has 0 saturated heterocycles. The number of carbonyl (C=O) groups is 1. The first kappa shape index (κ1) is 26.3. The van der Waals surface area contributed by atoms with Crippen LogP contribution in [0.4, 0.5) is 4.79 Å². The van der Waals surface area contributed by atoms with Crippen molar-refractivity contribution < 1.29 is 19.1 Å². The van der Waals surface area contributed by atoms with Crippen LogP contribution in [0.25, 0.3) is 33.5 Å². The van der Waals surface area contributed by atoms with E-state index in [1.807, 2.05) is 87.5 Å². The zero-order valence-corrected chi connectivity index (χ0v) is 22.6. The number of benzene rings is 2. The highest BCUT2D eigenvalue weighted by molar-refractivity contribution is 6.32. The maximum Gasteiger partial charge on any atom is 0.405 e. The number of aromatic amines is 1. The van der Waals surface area contributed by atoms with Crippen LogP contribution < -0.4 is 10.1 Å². The summed E-state index contributed by atoms with van der Waals surface area (Å²) in [6, 6.07) is 21.1. The van der Waals surface area contributed by atoms with E-state index in [0.717, 1.165) is 22.0 Å². The Balaban J connectivity index is 1.47. The number of rotatable bonds is 8. The Hall–Kier alpha value is -4.30. The molecule has 3 heterocycles. The molecule has 0 radical (unpaired) electrons. The fraction of sp³-hybridized carbons (Fsp3) is 0.233. The molecule has 200 valence electrons. The summed E-state index contributed by atoms with van der Waals surface area (Å²) >= 11 is 6.54. The largest absolute Gasteiger partial charge is 0.489 e. The Bertz CT molecular complexity index is 1590. The van der Waals surface area contributed by atoms with Gasteiger partial charge in [-0.2, -0.15) is 5.10 Å². The van der Waals surface area contributed by atoms with E-state index in [2.05, 4.69) is 20.5 Å². The molecular weight excluding hydrogens is 516 g/mol. The quantitative estimate of drug-likeness (QED) is 0.178. The lowest BCUT2D eigenvalue weighted by atomic mass is 9.70. The number of nitrogens with zero attached hydrogens (tertiary/aromatic N) is 2. The highest BCUT2D eigenvalue weighted by Gasteiger charge is 2.44. The zero-order chi connectivity index (χ0) is 27.6. The average Bonchev–Trinajstić information content (AvgIpc) is 3.57. The van der Waals surface area contributed by atoms with Gasteiger partial charge in [0.05, 0.1) is 23.5 Å². The minimum Gasteiger partial charge on any atom is -0.489 e. The first-order chi connectivity index (χ1) is 18.6. The van der Waals surface area contributed by atoms with Crippen molar-refractivity contribution in [2.24, 2.45) is 5.41 Å². The van der Waals surface area contributed by atoms with Crippen molar-refractivity contribution in [3.05, 3.63) is 89.9 Å². The normalized spacial score (nSPS) is 13.2. The second-order valence-electron chi connectivity index (χ2n) is 10.5. The number of fused-ring (bicyclic) bond motifs is 1. The Kier molecular flexibility index (Phi) is 7.06. The van der Waals surface area contributed by atoms with Gasteiger partial charge in [-0.3, -0.25) is 5.10 Å². The third-order valence-corrected chi connectivity index (χ3v) is 7.36. The molecule has 0 unspecified atom stereocenters. The SMILES string of the molecule is CC(C)(C)[C@@](COc1cnc(Cl)c(-c2ccc3[nH]nc(-c4ccco4)c3c2)c1)(Cc1ccccc1)NC(=O)O. The molecule has 1 atom stereocenters. The lowest BCUT2D eigenvalue weighted by molar-refractivity contribution is 0.0686. The molecule has 0 spiro atoms. The number of nitrogens with one attached hydrogen (secondary N) is 2. The molecule has 3 aromatic heterocycles. The predicted molar refractivity (Wildman–Crippen MR) is 151 cm³/mol. The molecule has 5 aromatic rings. The molecule has 0 bridgehead atoms. The number of H-pyrrole nitrogens is 1. The van der Waals surface area contributed by atoms with Gasteiger partial charge < -0.3 is 19.6 Å². The van der Waals surface area contributed by atoms with Crippen LogP contribution >= 0.6 is 11.6 Å². The van der Waals surface area contributed by atoms with Crippen molar-refractivity contribution in [2.45, 2.75) is 32.7 Å². The van der Waals surface area contributed by atoms with E-state index in [4.69, 9.17) is 20.8 Å². The van der Waals surface area contributed by atoms with Gasteiger partial charge in [-0.15, -0.1) is 0 Å². The molecule has 0 saturated carbocycles. The van der Waals surface area contributed by atoms with Crippen molar-refractivity contribution in [1.82, 2.24) is 20.5 Å². The fourth-order valence-electron chi connectivity index (χ4n) is 4.65. The minimum atomic E-state index is -1.11. The summed E-state index contributed by atoms with van der Waals surface area (Å²) in [5.41, 5.74) is 2.67. The van der Waals surface area contributed by atoms with E-state index in [1.165, 1.54) is 0 Å². The Labute approximate surface area is 231 Å². The van der Waals surface area contributed by atoms with Crippen molar-refractivity contribution in [3.8, 4) is 28.3 Å². The van der Waals surface area contributed by atoms with Gasteiger partial charge in [-0.05, 0) is 53.3 Å². The number of amides is 1. The van der Waals surface area contributed by atoms with Crippen LogP contribution in [-0.2, 0) is 6.42 Å². The Morgan fingerprint density at radius 3 is 2.59 bits per heavy atom. The van der Waals surface area contributed by atoms with E-state index in [9.17, 15) is 9.90 Å². The third kappa shape index (κ3) is 5.47. The van der Waals surface area contributed by atoms with Crippen molar-refractivity contribution in [1.29, 1.82) is 0 Å². The second kappa shape index (κ2) is 10.5. The van der Waals surface area contributed by atoms with Crippen molar-refractivity contribution in [2.75, 3.05) is 6.61 Å². The van der Waals surface area contributed by atoms with Crippen molar-refractivity contribution in [3.63, 3.8) is 0 Å². The van der Waals surface area contributed by atoms with E-state index >= 15 is 0 Å². The van der Waals surface area contributed by atoms with Gasteiger partial charge in [0.2, 0.25) is 0 Å². The van der Waals surface area contributed by atoms with Gasteiger partial charge >= 0.3 is 6.09 Å². The smallest absolute Gasteiger partial charge is 0.405 e. The van der Waals surface area contributed by atoms with Crippen LogP contribution in [0.3, 0.4) is 0 Å². The fourth-order valence-corrected chi connectivity index (χ4v) is 4.86. The zero-order valence-electron chi connectivity index (χ0n) is 21.9. The van der Waals surface area contributed by atoms with Crippen molar-refractivity contribution >= 4 is 28.6 Å². The maximum atomic E-state index is 11.9. The first-order valence-corrected chi connectivity index (χ1v) is 12.9. The molecule has 2 aromatic carbocycles. The second-order valence-corrected chi connectivity index (χ2v) is 10.9. The number of halogens is 1. The Morgan fingerprint density at radius 2 is 1.90 bits per heavy atom. The summed E-state index contributed by atoms with van der Waals surface area (Å²) in [7, 11) is 0. The highest BCUT2D eigenvalue weighted by Crippen LogP contribution is 2.37. The summed E-state index contributed by atoms with van der Waals surface area (Å²) in [6.45, 7) is 6.08. The van der Waals surface area contributed by atoms with Gasteiger partial charge in [-0.25, -0.2) is 9.78 Å². The molecule has 3 N–H and O–H groups in total. The molecule has 0 fully saturated rings. The number of furan rings is 1. The monoisotopic (exact) mass is 544 g/mol. The minimum absolute atomic E-state index is 0.0872. The van der Waals surface area contributed by atoms with Gasteiger partial charge in [0, 0.05) is 10.9 Å². The maximum absolute atomic E-state index is 11.9. The molecular formula is C30H29ClN4O4. The molecule has 0 aliphatic heterocycles. The number of hydrogen-bond donors (Lipinski definition) is 3. The van der Waals surface area contributed by atoms with Crippen LogP contribution in [0.15, 0.2) is 83.6 Å². The van der Waals surface area contributed by atoms with Gasteiger partial charge in [0.1, 0.15) is 23.2 Å². The summed E-state index contributed by atoms with van der Waals surface area (Å²) in [5.74, 6) is 1.13. The molecule has 0 aliphatic carbocycles. The molecule has 0 aliphatic rings. The standard InChI is InChI=1S/C30H29ClN4O4/c1-29(2,3)30(33-28(36)37,16-19-8-5-4-6-9-19)18-39-21-15-22(27(31)32-17-21)20-11-12-24-23(14-20)26(35-34-24)25-10-7-13-38-25/h4-15,17,33H,16,18H2,1-3H3,(H,34,35)(H,36,37)/t30-/m0/s1. The van der Waals surface area contributed by atoms with Crippen LogP contribution in [0, 0.1) is 5.41 Å². The lowest BCUT2D eigenvalue weighted by Gasteiger charge is -2.44. The van der Waals surface area contributed by atoms with Crippen LogP contribution in [0.5, 0.6) is 5.75 Å². The molecule has 8 nitrogen and oxygen atoms in total. The first-order valence-electron chi connectivity index (χ1n) is 12.5. The van der Waals surface area contributed by atoms with Gasteiger partial charge in [0.25, 0.3) is 0 Å². The number of hydrogen-bond acceptors (Lipinski definition) is 5. The summed E-state index contributed by atoms with van der Waals surface area (Å²) < 4.78 is 11.8. The molecule has 39 heavy (non-hydrogen) atoms. The summed E-state index contributed by atoms with van der Waals surface area (Å²) in [6.07, 6.45) is 2.49. The van der Waals surface area contributed by atoms with E-state index in [-0.39, 0.29) is 6.61 Å². The lowest BCUT2D eigenvalue weighted by Crippen LogP contribution is -2.62. The van der Waals surface area contributed by atoms with Gasteiger partial charge in [-0.1, -0.05) is 68.8 Å². The Morgan fingerprint density at radius 1 is 1.10 bits per heavy atom. The molecule has 5 rings (SSSR count). The van der Waals surface area contributed by atoms with Crippen LogP contribution in [0.1, 0.15) is 26.3 Å². The summed E-state index contributed by atoms with van der Waals surface area (Å²) in [4.78, 5) is 16.3. The van der Waals surface area contributed by atoms with Crippen LogP contribution in [-0.4, -0.2) is 38.5 Å². The summed E-state index contributed by atoms with van der Waals surface area (Å²) in [5, 5.41) is 21.2. The number of aromatic nitrogens is 3. The van der Waals surface area contributed by atoms with E-state index in [0.29, 0.717) is 34.3 Å². The highest BCUT2D eigenvalue weighted by atomic mass is 35.5. The topological polar surface area (TPSA) is 113 Å². The molecule has 9 heteroatoms. The number of carboxylic acid groups (broad SMARTS) is 1. The van der Waals surface area contributed by atoms with E-state index in [1.54, 1.807) is 12.5 Å². The van der Waals surface area contributed by atoms with Gasteiger partial charge in [0.15, 0.2) is 5.76 Å². The number of ether oxygens (including phenoxy) is 1.